The van der Waals surface area contributed by atoms with Crippen LogP contribution in [0.3, 0.4) is 0 Å². The summed E-state index contributed by atoms with van der Waals surface area (Å²) in [4.78, 5) is 21.5. The first-order chi connectivity index (χ1) is 26.0. The van der Waals surface area contributed by atoms with E-state index >= 15 is 0 Å². The third-order valence-corrected chi connectivity index (χ3v) is 16.2. The third kappa shape index (κ3) is 7.35. The molecule has 2 bridgehead atoms. The molecular formula is C43H59ClN4O5S. The number of allylic oxidation sites excluding steroid dienone is 1. The van der Waals surface area contributed by atoms with Gasteiger partial charge >= 0.3 is 0 Å². The van der Waals surface area contributed by atoms with Crippen molar-refractivity contribution in [2.24, 2.45) is 17.8 Å². The summed E-state index contributed by atoms with van der Waals surface area (Å²) in [5.74, 6) is 0.561. The molecule has 1 amide bonds. The SMILES string of the molecule is CCO[C@]1(CN2CCN3CCCC[C@@H]3C2)/C=C\C[C@H](C)[C@@H](C)S(=O)(=O)NC(=O)c2ccc3c(c2)N(C[C@@H]2CC[C@H]21)C[C@@]1(CCCc2cc(Cl)ccc21)CO3. The predicted octanol–water partition coefficient (Wildman–Crippen LogP) is 6.83. The lowest BCUT2D eigenvalue weighted by Crippen LogP contribution is -2.61. The maximum Gasteiger partial charge on any atom is 0.264 e. The molecule has 294 valence electrons. The molecule has 2 aliphatic carbocycles. The van der Waals surface area contributed by atoms with Crippen LogP contribution in [0.2, 0.25) is 5.02 Å². The normalized spacial score (nSPS) is 35.0. The summed E-state index contributed by atoms with van der Waals surface area (Å²) >= 11 is 6.53. The lowest BCUT2D eigenvalue weighted by molar-refractivity contribution is -0.116. The molecule has 9 nitrogen and oxygen atoms in total. The van der Waals surface area contributed by atoms with E-state index in [-0.39, 0.29) is 17.3 Å². The van der Waals surface area contributed by atoms with Gasteiger partial charge in [0.2, 0.25) is 10.0 Å². The van der Waals surface area contributed by atoms with Gasteiger partial charge in [-0.25, -0.2) is 13.1 Å². The second-order valence-electron chi connectivity index (χ2n) is 17.3. The number of ether oxygens (including phenoxy) is 2. The number of fused-ring (bicyclic) bond motifs is 5. The molecule has 2 aromatic rings. The molecule has 1 spiro atoms. The Labute approximate surface area is 327 Å². The van der Waals surface area contributed by atoms with E-state index in [2.05, 4.69) is 50.6 Å². The second kappa shape index (κ2) is 15.4. The van der Waals surface area contributed by atoms with Gasteiger partial charge in [-0.15, -0.1) is 0 Å². The maximum atomic E-state index is 13.7. The van der Waals surface area contributed by atoms with Crippen molar-refractivity contribution >= 4 is 33.2 Å². The summed E-state index contributed by atoms with van der Waals surface area (Å²) in [5, 5.41) is -0.0118. The Balaban J connectivity index is 1.20. The molecule has 11 heteroatoms. The number of hydrogen-bond acceptors (Lipinski definition) is 8. The third-order valence-electron chi connectivity index (χ3n) is 14.0. The number of piperidine rings is 1. The van der Waals surface area contributed by atoms with Gasteiger partial charge in [0.15, 0.2) is 0 Å². The topological polar surface area (TPSA) is 91.4 Å². The molecule has 0 aromatic heterocycles. The Kier molecular flexibility index (Phi) is 10.9. The molecule has 1 N–H and O–H groups in total. The van der Waals surface area contributed by atoms with Gasteiger partial charge in [-0.05, 0) is 131 Å². The monoisotopic (exact) mass is 778 g/mol. The summed E-state index contributed by atoms with van der Waals surface area (Å²) in [6, 6.07) is 12.3. The Bertz CT molecular complexity index is 1860. The molecule has 6 aliphatic rings. The number of nitrogens with one attached hydrogen (secondary N) is 1. The van der Waals surface area contributed by atoms with E-state index in [0.717, 1.165) is 87.8 Å². The summed E-state index contributed by atoms with van der Waals surface area (Å²) in [6.07, 6.45) is 14.1. The fourth-order valence-electron chi connectivity index (χ4n) is 10.7. The number of nitrogens with zero attached hydrogens (tertiary/aromatic N) is 3. The Morgan fingerprint density at radius 1 is 1.02 bits per heavy atom. The number of anilines is 1. The Morgan fingerprint density at radius 2 is 1.89 bits per heavy atom. The van der Waals surface area contributed by atoms with Crippen LogP contribution < -0.4 is 14.4 Å². The standard InChI is InChI=1S/C43H59ClN4O5S/c1-4-53-43(28-46-21-22-47-20-6-5-11-36(47)26-46)19-7-9-30(2)31(3)54(50,51)45-41(49)33-13-17-40-39(24-33)48(25-34-12-15-38(34)43)27-42(29-52-40)18-8-10-32-23-35(44)14-16-37(32)42/h7,13-14,16-17,19,23-24,30-31,34,36,38H,4-6,8-12,15,18,20-22,25-29H2,1-3H3,(H,45,49)/b19-7-/t30-,31+,34-,36+,38+,42-,43-/m0/s1. The fourth-order valence-corrected chi connectivity index (χ4v) is 12.2. The molecule has 4 heterocycles. The minimum absolute atomic E-state index is 0.206. The number of hydrogen-bond donors (Lipinski definition) is 1. The number of rotatable bonds is 4. The first-order valence-electron chi connectivity index (χ1n) is 20.6. The summed E-state index contributed by atoms with van der Waals surface area (Å²) < 4.78 is 43.6. The van der Waals surface area contributed by atoms with Gasteiger partial charge in [0.1, 0.15) is 11.4 Å². The molecule has 7 atom stereocenters. The molecule has 2 saturated heterocycles. The van der Waals surface area contributed by atoms with Gasteiger partial charge in [0.05, 0.1) is 17.5 Å². The van der Waals surface area contributed by atoms with Crippen LogP contribution in [0.4, 0.5) is 5.69 Å². The summed E-state index contributed by atoms with van der Waals surface area (Å²) in [7, 11) is -3.95. The first-order valence-corrected chi connectivity index (χ1v) is 22.6. The molecule has 4 aliphatic heterocycles. The van der Waals surface area contributed by atoms with Crippen LogP contribution in [-0.4, -0.2) is 100 Å². The van der Waals surface area contributed by atoms with Crippen molar-refractivity contribution < 1.29 is 22.7 Å². The van der Waals surface area contributed by atoms with E-state index in [9.17, 15) is 13.2 Å². The summed E-state index contributed by atoms with van der Waals surface area (Å²) in [5.41, 5.74) is 2.99. The van der Waals surface area contributed by atoms with Crippen LogP contribution in [0.15, 0.2) is 48.6 Å². The minimum atomic E-state index is -3.95. The molecule has 3 fully saturated rings. The molecule has 0 unspecified atom stereocenters. The number of halogens is 1. The van der Waals surface area contributed by atoms with Crippen molar-refractivity contribution in [3.8, 4) is 5.75 Å². The summed E-state index contributed by atoms with van der Waals surface area (Å²) in [6.45, 7) is 13.7. The van der Waals surface area contributed by atoms with Crippen molar-refractivity contribution in [2.45, 2.75) is 101 Å². The number of sulfonamides is 1. The lowest BCUT2D eigenvalue weighted by Gasteiger charge is -2.53. The number of amides is 1. The highest BCUT2D eigenvalue weighted by Gasteiger charge is 2.50. The lowest BCUT2D eigenvalue weighted by atomic mass is 9.63. The van der Waals surface area contributed by atoms with E-state index in [0.29, 0.717) is 37.2 Å². The second-order valence-corrected chi connectivity index (χ2v) is 19.8. The molecule has 0 radical (unpaired) electrons. The van der Waals surface area contributed by atoms with E-state index in [1.54, 1.807) is 13.0 Å². The van der Waals surface area contributed by atoms with E-state index in [4.69, 9.17) is 21.1 Å². The number of piperazine rings is 1. The van der Waals surface area contributed by atoms with Gasteiger partial charge < -0.3 is 14.4 Å². The molecule has 8 rings (SSSR count). The van der Waals surface area contributed by atoms with Crippen molar-refractivity contribution in [2.75, 3.05) is 63.9 Å². The van der Waals surface area contributed by atoms with Crippen LogP contribution in [-0.2, 0) is 26.6 Å². The zero-order chi connectivity index (χ0) is 37.7. The van der Waals surface area contributed by atoms with Gasteiger partial charge in [-0.3, -0.25) is 14.6 Å². The zero-order valence-corrected chi connectivity index (χ0v) is 34.0. The Hall–Kier alpha value is -2.63. The zero-order valence-electron chi connectivity index (χ0n) is 32.4. The number of carbonyl (C=O) groups excluding carboxylic acids is 1. The molecule has 54 heavy (non-hydrogen) atoms. The highest BCUT2D eigenvalue weighted by atomic mass is 35.5. The maximum absolute atomic E-state index is 13.7. The van der Waals surface area contributed by atoms with Crippen molar-refractivity contribution in [3.05, 3.63) is 70.3 Å². The predicted molar refractivity (Wildman–Crippen MR) is 215 cm³/mol. The van der Waals surface area contributed by atoms with Crippen molar-refractivity contribution in [3.63, 3.8) is 0 Å². The average Bonchev–Trinajstić information content (AvgIpc) is 3.29. The van der Waals surface area contributed by atoms with Crippen LogP contribution >= 0.6 is 11.6 Å². The van der Waals surface area contributed by atoms with Crippen LogP contribution in [0.25, 0.3) is 0 Å². The highest BCUT2D eigenvalue weighted by molar-refractivity contribution is 7.90. The molecular weight excluding hydrogens is 720 g/mol. The number of benzene rings is 2. The van der Waals surface area contributed by atoms with Gasteiger partial charge in [-0.2, -0.15) is 0 Å². The average molecular weight is 779 g/mol. The van der Waals surface area contributed by atoms with Crippen molar-refractivity contribution in [1.29, 1.82) is 0 Å². The van der Waals surface area contributed by atoms with Crippen LogP contribution in [0.5, 0.6) is 5.75 Å². The van der Waals surface area contributed by atoms with Crippen molar-refractivity contribution in [1.82, 2.24) is 14.5 Å². The van der Waals surface area contributed by atoms with Gasteiger partial charge in [0.25, 0.3) is 5.91 Å². The number of carbonyl (C=O) groups is 1. The quantitative estimate of drug-likeness (QED) is 0.338. The highest BCUT2D eigenvalue weighted by Crippen LogP contribution is 2.49. The van der Waals surface area contributed by atoms with Crippen LogP contribution in [0.1, 0.15) is 93.6 Å². The molecule has 2 aromatic carbocycles. The molecule has 1 saturated carbocycles. The smallest absolute Gasteiger partial charge is 0.264 e. The first kappa shape index (κ1) is 38.3. The van der Waals surface area contributed by atoms with Gasteiger partial charge in [0, 0.05) is 67.9 Å². The number of aryl methyl sites for hydroxylation is 1. The largest absolute Gasteiger partial charge is 0.490 e. The van der Waals surface area contributed by atoms with Gasteiger partial charge in [-0.1, -0.05) is 43.2 Å². The fraction of sp³-hybridized carbons (Fsp3) is 0.651. The van der Waals surface area contributed by atoms with Crippen LogP contribution in [0, 0.1) is 17.8 Å². The minimum Gasteiger partial charge on any atom is -0.490 e. The Morgan fingerprint density at radius 3 is 2.70 bits per heavy atom. The van der Waals surface area contributed by atoms with E-state index in [1.807, 2.05) is 25.1 Å². The van der Waals surface area contributed by atoms with E-state index in [1.165, 1.54) is 36.9 Å². The van der Waals surface area contributed by atoms with E-state index < -0.39 is 26.8 Å².